The van der Waals surface area contributed by atoms with Crippen molar-refractivity contribution >= 4 is 16.9 Å². The van der Waals surface area contributed by atoms with Gasteiger partial charge in [-0.1, -0.05) is 48.5 Å². The van der Waals surface area contributed by atoms with Gasteiger partial charge in [-0.15, -0.1) is 0 Å². The Hall–Kier alpha value is -4.22. The van der Waals surface area contributed by atoms with Gasteiger partial charge in [0.05, 0.1) is 0 Å². The van der Waals surface area contributed by atoms with Gasteiger partial charge in [0.25, 0.3) is 5.91 Å². The highest BCUT2D eigenvalue weighted by Crippen LogP contribution is 2.39. The number of hydrogen-bond donors (Lipinski definition) is 1. The predicted octanol–water partition coefficient (Wildman–Crippen LogP) is 7.46. The number of rotatable bonds is 7. The summed E-state index contributed by atoms with van der Waals surface area (Å²) < 4.78 is 19.8. The highest BCUT2D eigenvalue weighted by atomic mass is 19.1. The van der Waals surface area contributed by atoms with Crippen molar-refractivity contribution in [3.63, 3.8) is 0 Å². The molecule has 1 aromatic heterocycles. The van der Waals surface area contributed by atoms with Crippen molar-refractivity contribution < 1.29 is 13.6 Å². The number of carbonyl (C=O) groups excluding carboxylic acids is 1. The summed E-state index contributed by atoms with van der Waals surface area (Å²) in [7, 11) is 3.73. The van der Waals surface area contributed by atoms with E-state index in [-0.39, 0.29) is 17.8 Å². The van der Waals surface area contributed by atoms with E-state index in [9.17, 15) is 9.18 Å². The van der Waals surface area contributed by atoms with Crippen LogP contribution in [0, 0.1) is 5.82 Å². The third kappa shape index (κ3) is 5.04. The maximum atomic E-state index is 13.6. The number of fused-ring (bicyclic) bond motifs is 1. The number of hydrogen-bond acceptors (Lipinski definition) is 3. The zero-order valence-electron chi connectivity index (χ0n) is 21.2. The molecule has 0 spiro atoms. The molecule has 4 nitrogen and oxygen atoms in total. The smallest absolute Gasteiger partial charge is 0.253 e. The molecular formula is C32H29FN2O2. The molecule has 1 N–H and O–H groups in total. The Morgan fingerprint density at radius 1 is 0.892 bits per heavy atom. The van der Waals surface area contributed by atoms with E-state index >= 15 is 0 Å². The monoisotopic (exact) mass is 492 g/mol. The lowest BCUT2D eigenvalue weighted by Crippen LogP contribution is -2.26. The molecule has 1 atom stereocenters. The van der Waals surface area contributed by atoms with E-state index in [1.54, 1.807) is 17.0 Å². The van der Waals surface area contributed by atoms with Crippen LogP contribution in [0.25, 0.3) is 33.4 Å². The fourth-order valence-corrected chi connectivity index (χ4v) is 4.67. The van der Waals surface area contributed by atoms with Gasteiger partial charge in [-0.05, 0) is 79.2 Å². The summed E-state index contributed by atoms with van der Waals surface area (Å²) in [5, 5.41) is 4.30. The summed E-state index contributed by atoms with van der Waals surface area (Å²) in [6.07, 6.45) is 0. The van der Waals surface area contributed by atoms with Crippen LogP contribution in [0.3, 0.4) is 0 Å². The van der Waals surface area contributed by atoms with Crippen molar-refractivity contribution in [3.8, 4) is 22.5 Å². The molecule has 0 fully saturated rings. The van der Waals surface area contributed by atoms with E-state index in [1.807, 2.05) is 80.8 Å². The molecule has 0 saturated heterocycles. The fourth-order valence-electron chi connectivity index (χ4n) is 4.67. The predicted molar refractivity (Wildman–Crippen MR) is 147 cm³/mol. The molecule has 0 aliphatic heterocycles. The molecular weight excluding hydrogens is 463 g/mol. The van der Waals surface area contributed by atoms with Crippen LogP contribution in [0.15, 0.2) is 101 Å². The van der Waals surface area contributed by atoms with Crippen molar-refractivity contribution in [1.82, 2.24) is 10.2 Å². The number of nitrogens with one attached hydrogen (secondary N) is 1. The molecule has 4 aromatic carbocycles. The first-order chi connectivity index (χ1) is 17.9. The minimum Gasteiger partial charge on any atom is -0.456 e. The summed E-state index contributed by atoms with van der Waals surface area (Å²) in [6.45, 7) is 2.62. The normalized spacial score (nSPS) is 12.0. The SMILES string of the molecule is CNC(C)c1c(-c2ccc(F)cc2)oc2ccc(-c3cccc(C(=O)N(C)Cc4ccccc4)c3)cc12. The van der Waals surface area contributed by atoms with Crippen LogP contribution < -0.4 is 5.32 Å². The largest absolute Gasteiger partial charge is 0.456 e. The second-order valence-corrected chi connectivity index (χ2v) is 9.30. The Morgan fingerprint density at radius 2 is 1.59 bits per heavy atom. The van der Waals surface area contributed by atoms with Crippen LogP contribution in [0.2, 0.25) is 0 Å². The Morgan fingerprint density at radius 3 is 2.32 bits per heavy atom. The zero-order valence-corrected chi connectivity index (χ0v) is 21.2. The highest BCUT2D eigenvalue weighted by Gasteiger charge is 2.21. The molecule has 1 unspecified atom stereocenters. The number of furan rings is 1. The van der Waals surface area contributed by atoms with Crippen molar-refractivity contribution in [3.05, 3.63) is 120 Å². The first-order valence-electron chi connectivity index (χ1n) is 12.3. The first-order valence-corrected chi connectivity index (χ1v) is 12.3. The highest BCUT2D eigenvalue weighted by molar-refractivity contribution is 5.96. The van der Waals surface area contributed by atoms with Crippen LogP contribution in [0.5, 0.6) is 0 Å². The Balaban J connectivity index is 1.51. The molecule has 0 aliphatic carbocycles. The fraction of sp³-hybridized carbons (Fsp3) is 0.156. The van der Waals surface area contributed by atoms with Crippen LogP contribution >= 0.6 is 0 Å². The molecule has 37 heavy (non-hydrogen) atoms. The van der Waals surface area contributed by atoms with Gasteiger partial charge in [-0.2, -0.15) is 0 Å². The lowest BCUT2D eigenvalue weighted by molar-refractivity contribution is 0.0785. The molecule has 0 saturated carbocycles. The van der Waals surface area contributed by atoms with Gasteiger partial charge < -0.3 is 14.6 Å². The molecule has 0 radical (unpaired) electrons. The number of benzene rings is 4. The van der Waals surface area contributed by atoms with Gasteiger partial charge in [0.2, 0.25) is 0 Å². The molecule has 5 rings (SSSR count). The van der Waals surface area contributed by atoms with Crippen LogP contribution in [0.1, 0.15) is 34.5 Å². The van der Waals surface area contributed by atoms with E-state index in [1.165, 1.54) is 12.1 Å². The average molecular weight is 493 g/mol. The third-order valence-corrected chi connectivity index (χ3v) is 6.75. The minimum atomic E-state index is -0.283. The van der Waals surface area contributed by atoms with E-state index in [2.05, 4.69) is 18.3 Å². The van der Waals surface area contributed by atoms with Gasteiger partial charge in [-0.25, -0.2) is 4.39 Å². The number of nitrogens with zero attached hydrogens (tertiary/aromatic N) is 1. The standard InChI is InChI=1S/C32H29FN2O2/c1-21(34-2)30-28-19-25(14-17-29(28)37-31(30)23-12-15-27(33)16-13-23)24-10-7-11-26(18-24)32(36)35(3)20-22-8-5-4-6-9-22/h4-19,21,34H,20H2,1-3H3. The van der Waals surface area contributed by atoms with Gasteiger partial charge >= 0.3 is 0 Å². The quantitative estimate of drug-likeness (QED) is 0.256. The summed E-state index contributed by atoms with van der Waals surface area (Å²) in [5.41, 5.74) is 6.26. The van der Waals surface area contributed by atoms with Gasteiger partial charge in [0.15, 0.2) is 0 Å². The van der Waals surface area contributed by atoms with Gasteiger partial charge in [0.1, 0.15) is 17.2 Å². The van der Waals surface area contributed by atoms with Gasteiger partial charge in [-0.3, -0.25) is 4.79 Å². The summed E-state index contributed by atoms with van der Waals surface area (Å²) in [4.78, 5) is 14.9. The lowest BCUT2D eigenvalue weighted by Gasteiger charge is -2.18. The van der Waals surface area contributed by atoms with Crippen LogP contribution in [-0.4, -0.2) is 24.9 Å². The minimum absolute atomic E-state index is 0.0103. The first kappa shape index (κ1) is 24.5. The van der Waals surface area contributed by atoms with E-state index in [0.717, 1.165) is 44.5 Å². The number of amides is 1. The second-order valence-electron chi connectivity index (χ2n) is 9.30. The maximum Gasteiger partial charge on any atom is 0.253 e. The Bertz CT molecular complexity index is 1540. The number of halogens is 1. The Labute approximate surface area is 216 Å². The molecule has 5 aromatic rings. The average Bonchev–Trinajstić information content (AvgIpc) is 3.32. The summed E-state index contributed by atoms with van der Waals surface area (Å²) in [6, 6.07) is 30.1. The van der Waals surface area contributed by atoms with Crippen LogP contribution in [-0.2, 0) is 6.54 Å². The third-order valence-electron chi connectivity index (χ3n) is 6.75. The van der Waals surface area contributed by atoms with E-state index in [0.29, 0.717) is 12.1 Å². The summed E-state index contributed by atoms with van der Waals surface area (Å²) in [5.74, 6) is 0.410. The van der Waals surface area contributed by atoms with Crippen molar-refractivity contribution in [2.45, 2.75) is 19.5 Å². The van der Waals surface area contributed by atoms with E-state index in [4.69, 9.17) is 4.42 Å². The van der Waals surface area contributed by atoms with Crippen LogP contribution in [0.4, 0.5) is 4.39 Å². The lowest BCUT2D eigenvalue weighted by atomic mass is 9.96. The number of carbonyl (C=O) groups is 1. The van der Waals surface area contributed by atoms with Crippen molar-refractivity contribution in [2.24, 2.45) is 0 Å². The van der Waals surface area contributed by atoms with Gasteiger partial charge in [0, 0.05) is 41.7 Å². The molecule has 5 heteroatoms. The zero-order chi connectivity index (χ0) is 25.9. The molecule has 186 valence electrons. The molecule has 1 amide bonds. The Kier molecular flexibility index (Phi) is 6.89. The van der Waals surface area contributed by atoms with Crippen molar-refractivity contribution in [2.75, 3.05) is 14.1 Å². The topological polar surface area (TPSA) is 45.5 Å². The molecule has 0 bridgehead atoms. The molecule has 0 aliphatic rings. The summed E-state index contributed by atoms with van der Waals surface area (Å²) >= 11 is 0. The van der Waals surface area contributed by atoms with E-state index < -0.39 is 0 Å². The van der Waals surface area contributed by atoms with Crippen molar-refractivity contribution in [1.29, 1.82) is 0 Å². The second kappa shape index (κ2) is 10.4. The maximum absolute atomic E-state index is 13.6. The molecule has 1 heterocycles.